The second-order valence-corrected chi connectivity index (χ2v) is 6.66. The minimum Gasteiger partial charge on any atom is -0.361 e. The molecule has 1 aromatic carbocycles. The molecule has 2 N–H and O–H groups in total. The molecule has 5 heteroatoms. The first-order valence-electron chi connectivity index (χ1n) is 7.61. The first-order valence-corrected chi connectivity index (χ1v) is 8.41. The van der Waals surface area contributed by atoms with Crippen molar-refractivity contribution in [2.45, 2.75) is 19.9 Å². The largest absolute Gasteiger partial charge is 0.361 e. The summed E-state index contributed by atoms with van der Waals surface area (Å²) in [7, 11) is 1.93. The van der Waals surface area contributed by atoms with Gasteiger partial charge in [0.25, 0.3) is 0 Å². The van der Waals surface area contributed by atoms with Crippen LogP contribution in [-0.4, -0.2) is 16.1 Å². The third-order valence-electron chi connectivity index (χ3n) is 4.37. The van der Waals surface area contributed by atoms with Gasteiger partial charge in [-0.25, -0.2) is 0 Å². The number of fused-ring (bicyclic) bond motifs is 1. The summed E-state index contributed by atoms with van der Waals surface area (Å²) in [5.74, 6) is 0. The summed E-state index contributed by atoms with van der Waals surface area (Å²) in [6, 6.07) is 10.5. The van der Waals surface area contributed by atoms with E-state index in [0.29, 0.717) is 5.69 Å². The summed E-state index contributed by atoms with van der Waals surface area (Å²) in [4.78, 5) is 3.31. The fourth-order valence-electron chi connectivity index (χ4n) is 2.85. The van der Waals surface area contributed by atoms with Crippen molar-refractivity contribution in [3.05, 3.63) is 57.4 Å². The maximum absolute atomic E-state index is 9.08. The fraction of sp³-hybridized carbons (Fsp3) is 0.278. The lowest BCUT2D eigenvalue weighted by Crippen LogP contribution is -2.17. The predicted molar refractivity (Wildman–Crippen MR) is 96.3 cm³/mol. The maximum Gasteiger partial charge on any atom is 0.120 e. The van der Waals surface area contributed by atoms with Gasteiger partial charge in [0.05, 0.1) is 0 Å². The van der Waals surface area contributed by atoms with Crippen molar-refractivity contribution in [1.29, 1.82) is 5.26 Å². The maximum atomic E-state index is 9.08. The zero-order valence-corrected chi connectivity index (χ0v) is 14.9. The number of H-pyrrole nitrogens is 1. The molecule has 118 valence electrons. The van der Waals surface area contributed by atoms with Crippen LogP contribution in [0.2, 0.25) is 0 Å². The Morgan fingerprint density at radius 1 is 1.30 bits per heavy atom. The number of nitriles is 1. The van der Waals surface area contributed by atoms with E-state index in [1.54, 1.807) is 0 Å². The molecule has 0 atom stereocenters. The van der Waals surface area contributed by atoms with Crippen molar-refractivity contribution in [2.75, 3.05) is 6.54 Å². The van der Waals surface area contributed by atoms with E-state index in [-0.39, 0.29) is 0 Å². The number of nitrogens with zero attached hydrogens (tertiary/aromatic N) is 2. The molecule has 0 aliphatic rings. The highest BCUT2D eigenvalue weighted by Crippen LogP contribution is 2.23. The average Bonchev–Trinajstić information content (AvgIpc) is 3.06. The Hall–Kier alpha value is -2.03. The van der Waals surface area contributed by atoms with Crippen molar-refractivity contribution in [1.82, 2.24) is 14.9 Å². The zero-order valence-electron chi connectivity index (χ0n) is 13.3. The fourth-order valence-corrected chi connectivity index (χ4v) is 3.21. The lowest BCUT2D eigenvalue weighted by atomic mass is 10.1. The van der Waals surface area contributed by atoms with Gasteiger partial charge in [0.2, 0.25) is 0 Å². The van der Waals surface area contributed by atoms with Crippen molar-refractivity contribution in [3.8, 4) is 6.07 Å². The molecule has 0 saturated heterocycles. The van der Waals surface area contributed by atoms with Gasteiger partial charge in [0.1, 0.15) is 11.8 Å². The molecule has 0 spiro atoms. The van der Waals surface area contributed by atoms with Gasteiger partial charge < -0.3 is 14.9 Å². The van der Waals surface area contributed by atoms with E-state index < -0.39 is 0 Å². The van der Waals surface area contributed by atoms with Gasteiger partial charge in [-0.1, -0.05) is 15.9 Å². The van der Waals surface area contributed by atoms with E-state index in [0.717, 1.165) is 29.7 Å². The van der Waals surface area contributed by atoms with Gasteiger partial charge in [-0.3, -0.25) is 0 Å². The number of hydrogen-bond acceptors (Lipinski definition) is 2. The molecule has 3 rings (SSSR count). The van der Waals surface area contributed by atoms with Crippen LogP contribution in [0.3, 0.4) is 0 Å². The standard InChI is InChI=1S/C18H19BrN4/c1-12-14(7-16(9-20)23(12)2)10-21-6-5-13-11-22-18-4-3-15(19)8-17(13)18/h3-4,7-8,11,21-22H,5-6,10H2,1-2H3. The lowest BCUT2D eigenvalue weighted by molar-refractivity contribution is 0.683. The van der Waals surface area contributed by atoms with E-state index in [4.69, 9.17) is 5.26 Å². The molecule has 2 heterocycles. The predicted octanol–water partition coefficient (Wildman–Crippen LogP) is 3.78. The van der Waals surface area contributed by atoms with Gasteiger partial charge in [0, 0.05) is 40.9 Å². The minimum atomic E-state index is 0.709. The molecular weight excluding hydrogens is 352 g/mol. The molecule has 0 fully saturated rings. The smallest absolute Gasteiger partial charge is 0.120 e. The van der Waals surface area contributed by atoms with Crippen molar-refractivity contribution >= 4 is 26.8 Å². The van der Waals surface area contributed by atoms with E-state index in [1.807, 2.05) is 23.7 Å². The third-order valence-corrected chi connectivity index (χ3v) is 4.86. The zero-order chi connectivity index (χ0) is 16.4. The molecule has 0 unspecified atom stereocenters. The highest BCUT2D eigenvalue weighted by Gasteiger charge is 2.08. The van der Waals surface area contributed by atoms with Crippen LogP contribution in [0.15, 0.2) is 34.9 Å². The monoisotopic (exact) mass is 370 g/mol. The van der Waals surface area contributed by atoms with E-state index in [1.165, 1.54) is 22.0 Å². The average molecular weight is 371 g/mol. The van der Waals surface area contributed by atoms with Crippen LogP contribution in [0.25, 0.3) is 10.9 Å². The van der Waals surface area contributed by atoms with Gasteiger partial charge >= 0.3 is 0 Å². The summed E-state index contributed by atoms with van der Waals surface area (Å²) in [5, 5.41) is 13.8. The second-order valence-electron chi connectivity index (χ2n) is 5.74. The van der Waals surface area contributed by atoms with Gasteiger partial charge in [-0.05, 0) is 55.3 Å². The van der Waals surface area contributed by atoms with Gasteiger partial charge in [-0.2, -0.15) is 5.26 Å². The number of benzene rings is 1. The molecule has 3 aromatic rings. The summed E-state index contributed by atoms with van der Waals surface area (Å²) < 4.78 is 3.04. The topological polar surface area (TPSA) is 56.5 Å². The van der Waals surface area contributed by atoms with Crippen LogP contribution in [0.1, 0.15) is 22.5 Å². The Labute approximate surface area is 144 Å². The van der Waals surface area contributed by atoms with E-state index in [9.17, 15) is 0 Å². The number of hydrogen-bond donors (Lipinski definition) is 2. The van der Waals surface area contributed by atoms with Crippen LogP contribution in [0, 0.1) is 18.3 Å². The summed E-state index contributed by atoms with van der Waals surface area (Å²) in [6.45, 7) is 3.73. The van der Waals surface area contributed by atoms with Crippen molar-refractivity contribution < 1.29 is 0 Å². The molecule has 4 nitrogen and oxygen atoms in total. The van der Waals surface area contributed by atoms with Crippen LogP contribution in [-0.2, 0) is 20.0 Å². The number of halogens is 1. The van der Waals surface area contributed by atoms with E-state index in [2.05, 4.69) is 57.6 Å². The Balaban J connectivity index is 1.61. The quantitative estimate of drug-likeness (QED) is 0.671. The van der Waals surface area contributed by atoms with E-state index >= 15 is 0 Å². The Morgan fingerprint density at radius 3 is 2.87 bits per heavy atom. The second kappa shape index (κ2) is 6.61. The number of nitrogens with one attached hydrogen (secondary N) is 2. The van der Waals surface area contributed by atoms with Crippen LogP contribution in [0.5, 0.6) is 0 Å². The number of aromatic nitrogens is 2. The molecular formula is C18H19BrN4. The first kappa shape index (κ1) is 15.9. The van der Waals surface area contributed by atoms with Crippen molar-refractivity contribution in [2.24, 2.45) is 7.05 Å². The summed E-state index contributed by atoms with van der Waals surface area (Å²) >= 11 is 3.53. The molecule has 23 heavy (non-hydrogen) atoms. The highest BCUT2D eigenvalue weighted by atomic mass is 79.9. The Morgan fingerprint density at radius 2 is 2.13 bits per heavy atom. The third kappa shape index (κ3) is 3.19. The van der Waals surface area contributed by atoms with Crippen LogP contribution < -0.4 is 5.32 Å². The summed E-state index contributed by atoms with van der Waals surface area (Å²) in [6.07, 6.45) is 3.05. The summed E-state index contributed by atoms with van der Waals surface area (Å²) in [5.41, 5.74) is 5.52. The minimum absolute atomic E-state index is 0.709. The molecule has 2 aromatic heterocycles. The Kier molecular flexibility index (Phi) is 4.56. The Bertz CT molecular complexity index is 882. The first-order chi connectivity index (χ1) is 11.1. The van der Waals surface area contributed by atoms with Crippen molar-refractivity contribution in [3.63, 3.8) is 0 Å². The lowest BCUT2D eigenvalue weighted by Gasteiger charge is -2.05. The molecule has 0 aliphatic heterocycles. The van der Waals surface area contributed by atoms with Gasteiger partial charge in [0.15, 0.2) is 0 Å². The van der Waals surface area contributed by atoms with Gasteiger partial charge in [-0.15, -0.1) is 0 Å². The van der Waals surface area contributed by atoms with Crippen LogP contribution >= 0.6 is 15.9 Å². The highest BCUT2D eigenvalue weighted by molar-refractivity contribution is 9.10. The molecule has 0 bridgehead atoms. The number of rotatable bonds is 5. The molecule has 0 aliphatic carbocycles. The normalized spacial score (nSPS) is 11.0. The molecule has 0 amide bonds. The SMILES string of the molecule is Cc1c(CNCCc2c[nH]c3ccc(Br)cc23)cc(C#N)n1C. The molecule has 0 saturated carbocycles. The molecule has 0 radical (unpaired) electrons. The van der Waals surface area contributed by atoms with Crippen LogP contribution in [0.4, 0.5) is 0 Å². The number of aromatic amines is 1.